The maximum atomic E-state index is 12.7. The lowest BCUT2D eigenvalue weighted by Gasteiger charge is -2.35. The predicted octanol–water partition coefficient (Wildman–Crippen LogP) is 6.51. The van der Waals surface area contributed by atoms with Crippen molar-refractivity contribution >= 4 is 23.4 Å². The molecule has 1 heterocycles. The van der Waals surface area contributed by atoms with Crippen LogP contribution in [0.25, 0.3) is 17.0 Å². The number of benzene rings is 1. The highest BCUT2D eigenvalue weighted by atomic mass is 16.4. The van der Waals surface area contributed by atoms with Gasteiger partial charge in [0.1, 0.15) is 6.54 Å². The number of carbonyl (C=O) groups is 3. The molecule has 2 aliphatic carbocycles. The maximum Gasteiger partial charge on any atom is 0.323 e. The van der Waals surface area contributed by atoms with Crippen molar-refractivity contribution in [2.24, 2.45) is 23.2 Å². The number of hydrogen-bond acceptors (Lipinski definition) is 5. The molecule has 2 N–H and O–H groups in total. The van der Waals surface area contributed by atoms with Gasteiger partial charge in [-0.15, -0.1) is 0 Å². The molecule has 0 spiro atoms. The molecule has 1 aromatic heterocycles. The third-order valence-corrected chi connectivity index (χ3v) is 9.00. The van der Waals surface area contributed by atoms with Crippen molar-refractivity contribution in [3.63, 3.8) is 0 Å². The summed E-state index contributed by atoms with van der Waals surface area (Å²) in [5.41, 5.74) is 3.86. The molecule has 8 nitrogen and oxygen atoms in total. The van der Waals surface area contributed by atoms with Crippen molar-refractivity contribution in [1.29, 1.82) is 0 Å². The SMILES string of the molecule is CC[C@H]1CC[C@H](C2CC=C(c3cnc(-c4ccc(CN(CC(=O)O)C(=O)CNC(=O)CC(C)(C)C)cc4)nc3)CC2)CC1. The summed E-state index contributed by atoms with van der Waals surface area (Å²) in [6.45, 7) is 7.58. The van der Waals surface area contributed by atoms with Gasteiger partial charge in [0, 0.05) is 36.5 Å². The number of allylic oxidation sites excluding steroid dienone is 2. The van der Waals surface area contributed by atoms with Crippen LogP contribution in [-0.2, 0) is 20.9 Å². The summed E-state index contributed by atoms with van der Waals surface area (Å²) in [6, 6.07) is 7.47. The molecule has 43 heavy (non-hydrogen) atoms. The summed E-state index contributed by atoms with van der Waals surface area (Å²) in [5, 5.41) is 12.0. The Kier molecular flexibility index (Phi) is 11.1. The number of nitrogens with one attached hydrogen (secondary N) is 1. The molecule has 1 fully saturated rings. The van der Waals surface area contributed by atoms with Gasteiger partial charge in [0.15, 0.2) is 5.82 Å². The summed E-state index contributed by atoms with van der Waals surface area (Å²) in [4.78, 5) is 46.8. The van der Waals surface area contributed by atoms with E-state index in [0.717, 1.165) is 47.3 Å². The molecule has 1 unspecified atom stereocenters. The lowest BCUT2D eigenvalue weighted by molar-refractivity contribution is -0.144. The van der Waals surface area contributed by atoms with Gasteiger partial charge in [-0.25, -0.2) is 9.97 Å². The topological polar surface area (TPSA) is 112 Å². The average molecular weight is 589 g/mol. The second kappa shape index (κ2) is 14.8. The van der Waals surface area contributed by atoms with Crippen LogP contribution in [-0.4, -0.2) is 50.8 Å². The van der Waals surface area contributed by atoms with E-state index in [2.05, 4.69) is 28.3 Å². The van der Waals surface area contributed by atoms with Gasteiger partial charge in [0.05, 0.1) is 6.54 Å². The van der Waals surface area contributed by atoms with Gasteiger partial charge in [0.2, 0.25) is 11.8 Å². The number of hydrogen-bond donors (Lipinski definition) is 2. The molecule has 232 valence electrons. The van der Waals surface area contributed by atoms with Crippen LogP contribution in [0.4, 0.5) is 0 Å². The van der Waals surface area contributed by atoms with Crippen LogP contribution in [0.15, 0.2) is 42.7 Å². The van der Waals surface area contributed by atoms with Gasteiger partial charge < -0.3 is 15.3 Å². The van der Waals surface area contributed by atoms with Crippen LogP contribution in [0.2, 0.25) is 0 Å². The fourth-order valence-corrected chi connectivity index (χ4v) is 6.46. The van der Waals surface area contributed by atoms with E-state index in [0.29, 0.717) is 5.82 Å². The number of aliphatic carboxylic acids is 1. The highest BCUT2D eigenvalue weighted by Gasteiger charge is 2.28. The van der Waals surface area contributed by atoms with Crippen molar-refractivity contribution in [2.75, 3.05) is 13.1 Å². The zero-order valence-electron chi connectivity index (χ0n) is 26.3. The number of carbonyl (C=O) groups excluding carboxylic acids is 2. The van der Waals surface area contributed by atoms with Gasteiger partial charge in [-0.3, -0.25) is 14.4 Å². The lowest BCUT2D eigenvalue weighted by atomic mass is 9.71. The minimum absolute atomic E-state index is 0.121. The second-order valence-corrected chi connectivity index (χ2v) is 13.6. The molecule has 4 rings (SSSR count). The first-order chi connectivity index (χ1) is 20.5. The van der Waals surface area contributed by atoms with E-state index in [-0.39, 0.29) is 30.8 Å². The van der Waals surface area contributed by atoms with Crippen LogP contribution >= 0.6 is 0 Å². The molecule has 2 amide bonds. The first-order valence-corrected chi connectivity index (χ1v) is 15.9. The largest absolute Gasteiger partial charge is 0.480 e. The van der Waals surface area contributed by atoms with E-state index >= 15 is 0 Å². The Morgan fingerprint density at radius 3 is 2.19 bits per heavy atom. The van der Waals surface area contributed by atoms with Crippen LogP contribution in [0.3, 0.4) is 0 Å². The van der Waals surface area contributed by atoms with E-state index in [1.54, 1.807) is 0 Å². The van der Waals surface area contributed by atoms with Crippen LogP contribution in [0, 0.1) is 23.2 Å². The van der Waals surface area contributed by atoms with Gasteiger partial charge in [-0.1, -0.05) is 77.3 Å². The van der Waals surface area contributed by atoms with E-state index in [1.807, 2.05) is 57.4 Å². The fourth-order valence-electron chi connectivity index (χ4n) is 6.46. The highest BCUT2D eigenvalue weighted by Crippen LogP contribution is 2.41. The number of carboxylic acids is 1. The van der Waals surface area contributed by atoms with Gasteiger partial charge >= 0.3 is 5.97 Å². The minimum atomic E-state index is -1.11. The molecule has 0 aliphatic heterocycles. The van der Waals surface area contributed by atoms with Crippen molar-refractivity contribution in [1.82, 2.24) is 20.2 Å². The molecule has 2 aromatic rings. The number of nitrogens with zero attached hydrogens (tertiary/aromatic N) is 3. The number of carboxylic acid groups (broad SMARTS) is 1. The summed E-state index contributed by atoms with van der Waals surface area (Å²) in [6.07, 6.45) is 16.9. The Hall–Kier alpha value is -3.55. The minimum Gasteiger partial charge on any atom is -0.480 e. The normalized spacial score (nSPS) is 20.7. The highest BCUT2D eigenvalue weighted by molar-refractivity contribution is 5.87. The van der Waals surface area contributed by atoms with E-state index in [4.69, 9.17) is 0 Å². The van der Waals surface area contributed by atoms with Crippen molar-refractivity contribution in [3.05, 3.63) is 53.9 Å². The van der Waals surface area contributed by atoms with Crippen molar-refractivity contribution < 1.29 is 19.5 Å². The Labute approximate surface area is 256 Å². The Balaban J connectivity index is 1.32. The van der Waals surface area contributed by atoms with E-state index in [9.17, 15) is 19.5 Å². The zero-order chi connectivity index (χ0) is 31.0. The molecule has 1 aromatic carbocycles. The van der Waals surface area contributed by atoms with Gasteiger partial charge in [0.25, 0.3) is 0 Å². The number of aromatic nitrogens is 2. The monoisotopic (exact) mass is 588 g/mol. The third kappa shape index (κ3) is 9.73. The summed E-state index contributed by atoms with van der Waals surface area (Å²) in [7, 11) is 0. The zero-order valence-corrected chi connectivity index (χ0v) is 26.3. The van der Waals surface area contributed by atoms with Crippen molar-refractivity contribution in [2.45, 2.75) is 92.0 Å². The summed E-state index contributed by atoms with van der Waals surface area (Å²) >= 11 is 0. The molecule has 2 aliphatic rings. The Bertz CT molecular complexity index is 1270. The molecule has 1 saturated carbocycles. The first-order valence-electron chi connectivity index (χ1n) is 15.9. The van der Waals surface area contributed by atoms with Crippen molar-refractivity contribution in [3.8, 4) is 11.4 Å². The third-order valence-electron chi connectivity index (χ3n) is 9.00. The van der Waals surface area contributed by atoms with Gasteiger partial charge in [-0.2, -0.15) is 0 Å². The Morgan fingerprint density at radius 1 is 0.953 bits per heavy atom. The quantitative estimate of drug-likeness (QED) is 0.310. The lowest BCUT2D eigenvalue weighted by Crippen LogP contribution is -2.42. The smallest absolute Gasteiger partial charge is 0.323 e. The van der Waals surface area contributed by atoms with E-state index in [1.165, 1.54) is 49.0 Å². The van der Waals surface area contributed by atoms with Gasteiger partial charge in [-0.05, 0) is 66.4 Å². The number of rotatable bonds is 11. The summed E-state index contributed by atoms with van der Waals surface area (Å²) < 4.78 is 0. The van der Waals surface area contributed by atoms with Crippen LogP contribution < -0.4 is 5.32 Å². The predicted molar refractivity (Wildman–Crippen MR) is 169 cm³/mol. The molecule has 0 saturated heterocycles. The maximum absolute atomic E-state index is 12.7. The molecular weight excluding hydrogens is 540 g/mol. The molecule has 8 heteroatoms. The molecule has 1 atom stereocenters. The first kappa shape index (κ1) is 32.4. The average Bonchev–Trinajstić information content (AvgIpc) is 2.99. The number of amides is 2. The Morgan fingerprint density at radius 2 is 1.63 bits per heavy atom. The molecule has 0 radical (unpaired) electrons. The standard InChI is InChI=1S/C35H48N4O4/c1-5-24-6-10-26(11-7-24)27-14-16-28(17-15-27)30-19-37-34(38-20-30)29-12-8-25(9-13-29)22-39(23-33(42)43)32(41)21-36-31(40)18-35(2,3)4/h8-9,12-13,16,19-20,24,26-27H,5-7,10-11,14-15,17-18,21-23H2,1-4H3,(H,36,40)(H,42,43)/t24-,26-,27?. The van der Waals surface area contributed by atoms with E-state index < -0.39 is 18.4 Å². The van der Waals surface area contributed by atoms with Crippen LogP contribution in [0.1, 0.15) is 96.6 Å². The second-order valence-electron chi connectivity index (χ2n) is 13.6. The van der Waals surface area contributed by atoms with Crippen LogP contribution in [0.5, 0.6) is 0 Å². The molecule has 0 bridgehead atoms. The fraction of sp³-hybridized carbons (Fsp3) is 0.571. The molecular formula is C35H48N4O4. The summed E-state index contributed by atoms with van der Waals surface area (Å²) in [5.74, 6) is 1.47.